The van der Waals surface area contributed by atoms with Crippen molar-refractivity contribution < 1.29 is 4.79 Å². The monoisotopic (exact) mass is 443 g/mol. The summed E-state index contributed by atoms with van der Waals surface area (Å²) < 4.78 is 1.78. The van der Waals surface area contributed by atoms with Gasteiger partial charge in [-0.05, 0) is 35.5 Å². The third kappa shape index (κ3) is 3.96. The Bertz CT molecular complexity index is 1280. The van der Waals surface area contributed by atoms with Gasteiger partial charge < -0.3 is 10.6 Å². The van der Waals surface area contributed by atoms with Crippen LogP contribution in [0.2, 0.25) is 5.02 Å². The van der Waals surface area contributed by atoms with Gasteiger partial charge in [-0.15, -0.1) is 0 Å². The van der Waals surface area contributed by atoms with Gasteiger partial charge in [-0.1, -0.05) is 54.1 Å². The largest absolute Gasteiger partial charge is 0.368 e. The molecule has 0 fully saturated rings. The second kappa shape index (κ2) is 8.67. The molecule has 1 amide bonds. The number of hydrogen-bond acceptors (Lipinski definition) is 4. The van der Waals surface area contributed by atoms with Gasteiger partial charge in [0.15, 0.2) is 5.65 Å². The van der Waals surface area contributed by atoms with Gasteiger partial charge in [0, 0.05) is 41.9 Å². The molecule has 0 aliphatic heterocycles. The van der Waals surface area contributed by atoms with Crippen LogP contribution in [-0.4, -0.2) is 41.4 Å². The molecule has 6 nitrogen and oxygen atoms in total. The molecule has 1 aliphatic carbocycles. The summed E-state index contributed by atoms with van der Waals surface area (Å²) in [5.74, 6) is 0.927. The summed E-state index contributed by atoms with van der Waals surface area (Å²) in [6.45, 7) is 1.10. The number of aromatic nitrogens is 3. The first-order valence-corrected chi connectivity index (χ1v) is 11.2. The first kappa shape index (κ1) is 20.6. The number of halogens is 1. The summed E-state index contributed by atoms with van der Waals surface area (Å²) in [5.41, 5.74) is 5.97. The van der Waals surface area contributed by atoms with E-state index in [2.05, 4.69) is 27.9 Å². The van der Waals surface area contributed by atoms with Gasteiger partial charge in [-0.3, -0.25) is 4.79 Å². The minimum Gasteiger partial charge on any atom is -0.368 e. The summed E-state index contributed by atoms with van der Waals surface area (Å²) >= 11 is 6.40. The standard InChI is InChI=1S/C24H23BClN5O/c25-19-14-29-31-22(13-21(30-23(19)31)18-7-3-4-8-20(18)26)27-9-10-28-24(32)17-11-15-5-1-2-6-16(15)12-17/h1-8,13-14,17,27H,9-12,25H2,(H,28,32). The molecular formula is C24H23BClN5O. The second-order valence-corrected chi connectivity index (χ2v) is 8.57. The fourth-order valence-electron chi connectivity index (χ4n) is 4.27. The zero-order chi connectivity index (χ0) is 22.1. The predicted molar refractivity (Wildman–Crippen MR) is 130 cm³/mol. The van der Waals surface area contributed by atoms with E-state index in [1.807, 2.05) is 50.3 Å². The summed E-state index contributed by atoms with van der Waals surface area (Å²) in [7, 11) is 1.98. The zero-order valence-corrected chi connectivity index (χ0v) is 18.6. The minimum atomic E-state index is 0.0145. The highest BCUT2D eigenvalue weighted by atomic mass is 35.5. The molecule has 2 aromatic carbocycles. The van der Waals surface area contributed by atoms with E-state index >= 15 is 0 Å². The lowest BCUT2D eigenvalue weighted by Gasteiger charge is -2.13. The van der Waals surface area contributed by atoms with Gasteiger partial charge in [0.1, 0.15) is 13.7 Å². The summed E-state index contributed by atoms with van der Waals surface area (Å²) in [6, 6.07) is 17.9. The van der Waals surface area contributed by atoms with E-state index < -0.39 is 0 Å². The quantitative estimate of drug-likeness (QED) is 0.354. The molecule has 4 aromatic rings. The summed E-state index contributed by atoms with van der Waals surface area (Å²) in [4.78, 5) is 17.4. The molecule has 0 bridgehead atoms. The first-order valence-electron chi connectivity index (χ1n) is 10.8. The number of nitrogens with one attached hydrogen (secondary N) is 2. The molecular weight excluding hydrogens is 421 g/mol. The lowest BCUT2D eigenvalue weighted by molar-refractivity contribution is -0.124. The lowest BCUT2D eigenvalue weighted by Crippen LogP contribution is -2.34. The van der Waals surface area contributed by atoms with Crippen molar-refractivity contribution in [1.29, 1.82) is 0 Å². The van der Waals surface area contributed by atoms with Crippen LogP contribution in [0.25, 0.3) is 16.9 Å². The van der Waals surface area contributed by atoms with Gasteiger partial charge in [0.05, 0.1) is 5.69 Å². The number of nitrogens with zero attached hydrogens (tertiary/aromatic N) is 3. The van der Waals surface area contributed by atoms with Crippen molar-refractivity contribution in [2.45, 2.75) is 12.8 Å². The number of rotatable bonds is 6. The van der Waals surface area contributed by atoms with E-state index in [1.54, 1.807) is 10.7 Å². The molecule has 160 valence electrons. The van der Waals surface area contributed by atoms with Gasteiger partial charge in [0.2, 0.25) is 5.91 Å². The van der Waals surface area contributed by atoms with Crippen LogP contribution >= 0.6 is 11.6 Å². The Hall–Kier alpha value is -3.32. The zero-order valence-electron chi connectivity index (χ0n) is 17.8. The van der Waals surface area contributed by atoms with E-state index in [-0.39, 0.29) is 11.8 Å². The van der Waals surface area contributed by atoms with Crippen molar-refractivity contribution in [1.82, 2.24) is 19.9 Å². The maximum absolute atomic E-state index is 12.6. The van der Waals surface area contributed by atoms with Crippen molar-refractivity contribution in [3.8, 4) is 11.3 Å². The Morgan fingerprint density at radius 2 is 1.81 bits per heavy atom. The van der Waals surface area contributed by atoms with E-state index in [4.69, 9.17) is 16.6 Å². The number of hydrogen-bond donors (Lipinski definition) is 2. The highest BCUT2D eigenvalue weighted by molar-refractivity contribution is 6.36. The summed E-state index contributed by atoms with van der Waals surface area (Å²) in [6.07, 6.45) is 3.42. The van der Waals surface area contributed by atoms with Crippen LogP contribution in [0.4, 0.5) is 5.82 Å². The van der Waals surface area contributed by atoms with Crippen molar-refractivity contribution >= 4 is 42.3 Å². The maximum atomic E-state index is 12.6. The highest BCUT2D eigenvalue weighted by Crippen LogP contribution is 2.28. The molecule has 0 saturated carbocycles. The molecule has 2 heterocycles. The molecule has 32 heavy (non-hydrogen) atoms. The molecule has 8 heteroatoms. The first-order chi connectivity index (χ1) is 15.6. The molecule has 0 radical (unpaired) electrons. The number of amides is 1. The Morgan fingerprint density at radius 1 is 1.09 bits per heavy atom. The van der Waals surface area contributed by atoms with E-state index in [0.717, 1.165) is 41.0 Å². The van der Waals surface area contributed by atoms with Crippen molar-refractivity contribution in [2.75, 3.05) is 18.4 Å². The van der Waals surface area contributed by atoms with Crippen LogP contribution in [-0.2, 0) is 17.6 Å². The average Bonchev–Trinajstić information content (AvgIpc) is 3.41. The van der Waals surface area contributed by atoms with Gasteiger partial charge in [-0.2, -0.15) is 9.61 Å². The molecule has 2 N–H and O–H groups in total. The smallest absolute Gasteiger partial charge is 0.223 e. The third-order valence-corrected chi connectivity index (χ3v) is 6.28. The Morgan fingerprint density at radius 3 is 2.56 bits per heavy atom. The number of fused-ring (bicyclic) bond motifs is 2. The molecule has 0 saturated heterocycles. The van der Waals surface area contributed by atoms with Gasteiger partial charge >= 0.3 is 0 Å². The maximum Gasteiger partial charge on any atom is 0.223 e. The van der Waals surface area contributed by atoms with E-state index in [1.165, 1.54) is 11.1 Å². The number of benzene rings is 2. The third-order valence-electron chi connectivity index (χ3n) is 5.95. The van der Waals surface area contributed by atoms with Crippen LogP contribution in [0.3, 0.4) is 0 Å². The van der Waals surface area contributed by atoms with E-state index in [0.29, 0.717) is 18.1 Å². The van der Waals surface area contributed by atoms with Crippen LogP contribution in [0, 0.1) is 5.92 Å². The normalized spacial score (nSPS) is 13.3. The topological polar surface area (TPSA) is 71.3 Å². The van der Waals surface area contributed by atoms with Crippen molar-refractivity contribution in [3.05, 3.63) is 76.9 Å². The van der Waals surface area contributed by atoms with Gasteiger partial charge in [-0.25, -0.2) is 4.98 Å². The predicted octanol–water partition coefficient (Wildman–Crippen LogP) is 2.25. The SMILES string of the molecule is Bc1cnn2c(NCCNC(=O)C3Cc4ccccc4C3)cc(-c3ccccc3Cl)nc12. The highest BCUT2D eigenvalue weighted by Gasteiger charge is 2.26. The van der Waals surface area contributed by atoms with Gasteiger partial charge in [0.25, 0.3) is 0 Å². The number of carbonyl (C=O) groups is 1. The second-order valence-electron chi connectivity index (χ2n) is 8.16. The fraction of sp³-hybridized carbons (Fsp3) is 0.208. The molecule has 5 rings (SSSR count). The molecule has 1 aliphatic rings. The molecule has 0 atom stereocenters. The average molecular weight is 444 g/mol. The lowest BCUT2D eigenvalue weighted by atomic mass is 10.0. The minimum absolute atomic E-state index is 0.0145. The van der Waals surface area contributed by atoms with Crippen LogP contribution < -0.4 is 16.1 Å². The van der Waals surface area contributed by atoms with E-state index in [9.17, 15) is 4.79 Å². The van der Waals surface area contributed by atoms with Crippen molar-refractivity contribution in [3.63, 3.8) is 0 Å². The molecule has 0 spiro atoms. The Labute approximate surface area is 192 Å². The summed E-state index contributed by atoms with van der Waals surface area (Å²) in [5, 5.41) is 11.6. The Kier molecular flexibility index (Phi) is 5.58. The molecule has 2 aromatic heterocycles. The number of anilines is 1. The Balaban J connectivity index is 1.26. The molecule has 0 unspecified atom stereocenters. The fourth-order valence-corrected chi connectivity index (χ4v) is 4.50. The van der Waals surface area contributed by atoms with Crippen LogP contribution in [0.1, 0.15) is 11.1 Å². The van der Waals surface area contributed by atoms with Crippen molar-refractivity contribution in [2.24, 2.45) is 5.92 Å². The van der Waals surface area contributed by atoms with Crippen LogP contribution in [0.15, 0.2) is 60.8 Å². The number of carbonyl (C=O) groups excluding carboxylic acids is 1. The van der Waals surface area contributed by atoms with Crippen LogP contribution in [0.5, 0.6) is 0 Å².